The third-order valence-electron chi connectivity index (χ3n) is 3.88. The van der Waals surface area contributed by atoms with Gasteiger partial charge in [-0.25, -0.2) is 4.79 Å². The van der Waals surface area contributed by atoms with Gasteiger partial charge in [0.2, 0.25) is 0 Å². The van der Waals surface area contributed by atoms with E-state index in [1.54, 1.807) is 20.8 Å². The third kappa shape index (κ3) is 9.70. The SMILES string of the molecule is CC(C)(C)OC(=O)N[C@H](COS(C)(=O)=O)CC1(COS(C)(=O)=O)CCC1. The van der Waals surface area contributed by atoms with Crippen molar-refractivity contribution >= 4 is 26.3 Å². The predicted molar refractivity (Wildman–Crippen MR) is 95.7 cm³/mol. The molecule has 0 bridgehead atoms. The lowest BCUT2D eigenvalue weighted by Gasteiger charge is -2.43. The van der Waals surface area contributed by atoms with E-state index < -0.39 is 43.4 Å². The molecule has 11 heteroatoms. The second kappa shape index (κ2) is 8.41. The number of amides is 1. The molecule has 0 unspecified atom stereocenters. The van der Waals surface area contributed by atoms with Crippen LogP contribution in [0.4, 0.5) is 4.79 Å². The molecule has 1 fully saturated rings. The highest BCUT2D eigenvalue weighted by atomic mass is 32.2. The van der Waals surface area contributed by atoms with Crippen LogP contribution in [0.3, 0.4) is 0 Å². The maximum absolute atomic E-state index is 12.0. The van der Waals surface area contributed by atoms with Gasteiger partial charge in [-0.3, -0.25) is 8.37 Å². The van der Waals surface area contributed by atoms with Gasteiger partial charge < -0.3 is 10.1 Å². The third-order valence-corrected chi connectivity index (χ3v) is 4.99. The van der Waals surface area contributed by atoms with Gasteiger partial charge in [0.25, 0.3) is 20.2 Å². The van der Waals surface area contributed by atoms with Crippen molar-refractivity contribution in [2.75, 3.05) is 25.7 Å². The smallest absolute Gasteiger partial charge is 0.407 e. The molecule has 1 rings (SSSR count). The fourth-order valence-corrected chi connectivity index (χ4v) is 3.55. The lowest BCUT2D eigenvalue weighted by molar-refractivity contribution is 0.0241. The number of hydrogen-bond donors (Lipinski definition) is 1. The number of ether oxygens (including phenoxy) is 1. The van der Waals surface area contributed by atoms with Crippen molar-refractivity contribution < 1.29 is 34.7 Å². The number of carbonyl (C=O) groups excluding carboxylic acids is 1. The van der Waals surface area contributed by atoms with Crippen LogP contribution in [0.2, 0.25) is 0 Å². The molecule has 1 amide bonds. The molecule has 1 atom stereocenters. The Labute approximate surface area is 156 Å². The van der Waals surface area contributed by atoms with Crippen LogP contribution in [0.15, 0.2) is 0 Å². The van der Waals surface area contributed by atoms with E-state index in [0.717, 1.165) is 18.9 Å². The van der Waals surface area contributed by atoms with Crippen molar-refractivity contribution in [3.63, 3.8) is 0 Å². The largest absolute Gasteiger partial charge is 0.444 e. The molecule has 0 radical (unpaired) electrons. The summed E-state index contributed by atoms with van der Waals surface area (Å²) in [5, 5.41) is 2.61. The van der Waals surface area contributed by atoms with E-state index in [4.69, 9.17) is 13.1 Å². The summed E-state index contributed by atoms with van der Waals surface area (Å²) in [5.74, 6) is 0. The van der Waals surface area contributed by atoms with Crippen molar-refractivity contribution in [3.05, 3.63) is 0 Å². The second-order valence-electron chi connectivity index (χ2n) is 7.86. The molecular formula is C15H29NO8S2. The molecule has 0 aromatic heterocycles. The average molecular weight is 416 g/mol. The highest BCUT2D eigenvalue weighted by molar-refractivity contribution is 7.86. The van der Waals surface area contributed by atoms with Gasteiger partial charge in [0.15, 0.2) is 0 Å². The Balaban J connectivity index is 2.80. The van der Waals surface area contributed by atoms with E-state index in [2.05, 4.69) is 5.32 Å². The maximum atomic E-state index is 12.0. The van der Waals surface area contributed by atoms with Crippen LogP contribution in [0.5, 0.6) is 0 Å². The van der Waals surface area contributed by atoms with Crippen LogP contribution in [0.1, 0.15) is 46.5 Å². The Hall–Kier alpha value is -0.910. The summed E-state index contributed by atoms with van der Waals surface area (Å²) >= 11 is 0. The van der Waals surface area contributed by atoms with Crippen LogP contribution in [0.25, 0.3) is 0 Å². The van der Waals surface area contributed by atoms with Gasteiger partial charge in [0.05, 0.1) is 31.8 Å². The zero-order valence-electron chi connectivity index (χ0n) is 15.9. The lowest BCUT2D eigenvalue weighted by atomic mass is 9.66. The summed E-state index contributed by atoms with van der Waals surface area (Å²) in [5.41, 5.74) is -1.16. The molecule has 0 heterocycles. The molecule has 1 aliphatic carbocycles. The fourth-order valence-electron chi connectivity index (χ4n) is 2.67. The standard InChI is InChI=1S/C15H29NO8S2/c1-14(2,3)24-13(17)16-12(10-22-25(4,18)19)9-15(7-6-8-15)11-23-26(5,20)21/h12H,6-11H2,1-5H3,(H,16,17)/t12-/m0/s1. The summed E-state index contributed by atoms with van der Waals surface area (Å²) in [4.78, 5) is 12.0. The van der Waals surface area contributed by atoms with Crippen molar-refractivity contribution in [2.24, 2.45) is 5.41 Å². The highest BCUT2D eigenvalue weighted by Crippen LogP contribution is 2.45. The van der Waals surface area contributed by atoms with Gasteiger partial charge in [-0.15, -0.1) is 0 Å². The van der Waals surface area contributed by atoms with E-state index in [0.29, 0.717) is 19.3 Å². The normalized spacial score (nSPS) is 18.7. The first kappa shape index (κ1) is 23.1. The molecule has 0 saturated heterocycles. The number of carbonyl (C=O) groups is 1. The molecule has 9 nitrogen and oxygen atoms in total. The quantitative estimate of drug-likeness (QED) is 0.560. The summed E-state index contributed by atoms with van der Waals surface area (Å²) in [6, 6.07) is -0.664. The van der Waals surface area contributed by atoms with Crippen molar-refractivity contribution in [3.8, 4) is 0 Å². The minimum Gasteiger partial charge on any atom is -0.444 e. The average Bonchev–Trinajstić information content (AvgIpc) is 2.34. The molecule has 0 aliphatic heterocycles. The zero-order valence-corrected chi connectivity index (χ0v) is 17.5. The summed E-state index contributed by atoms with van der Waals surface area (Å²) in [6.45, 7) is 4.85. The van der Waals surface area contributed by atoms with Gasteiger partial charge in [-0.2, -0.15) is 16.8 Å². The molecule has 154 valence electrons. The van der Waals surface area contributed by atoms with Gasteiger partial charge in [0, 0.05) is 0 Å². The molecule has 0 spiro atoms. The Kier molecular flexibility index (Phi) is 7.48. The molecule has 26 heavy (non-hydrogen) atoms. The number of nitrogens with one attached hydrogen (secondary N) is 1. The topological polar surface area (TPSA) is 125 Å². The molecular weight excluding hydrogens is 386 g/mol. The second-order valence-corrected chi connectivity index (χ2v) is 11.1. The first-order valence-electron chi connectivity index (χ1n) is 8.28. The van der Waals surface area contributed by atoms with Gasteiger partial charge >= 0.3 is 6.09 Å². The summed E-state index contributed by atoms with van der Waals surface area (Å²) in [6.07, 6.45) is 3.85. The fraction of sp³-hybridized carbons (Fsp3) is 0.933. The Morgan fingerprint density at radius 3 is 2.00 bits per heavy atom. The van der Waals surface area contributed by atoms with E-state index >= 15 is 0 Å². The predicted octanol–water partition coefficient (Wildman–Crippen LogP) is 1.39. The molecule has 1 N–H and O–H groups in total. The van der Waals surface area contributed by atoms with E-state index in [1.165, 1.54) is 0 Å². The van der Waals surface area contributed by atoms with E-state index in [1.807, 2.05) is 0 Å². The molecule has 1 aliphatic rings. The van der Waals surface area contributed by atoms with Crippen LogP contribution in [-0.4, -0.2) is 60.3 Å². The Morgan fingerprint density at radius 2 is 1.62 bits per heavy atom. The zero-order chi connectivity index (χ0) is 20.2. The number of rotatable bonds is 9. The first-order valence-corrected chi connectivity index (χ1v) is 11.9. The van der Waals surface area contributed by atoms with Gasteiger partial charge in [-0.05, 0) is 45.4 Å². The number of hydrogen-bond acceptors (Lipinski definition) is 8. The minimum atomic E-state index is -3.69. The maximum Gasteiger partial charge on any atom is 0.407 e. The summed E-state index contributed by atoms with van der Waals surface area (Å²) < 4.78 is 60.1. The number of alkyl carbamates (subject to hydrolysis) is 1. The van der Waals surface area contributed by atoms with Crippen LogP contribution < -0.4 is 5.32 Å². The Bertz CT molecular complexity index is 690. The van der Waals surface area contributed by atoms with Crippen LogP contribution in [0, 0.1) is 5.41 Å². The first-order chi connectivity index (χ1) is 11.6. The minimum absolute atomic E-state index is 0.0167. The van der Waals surface area contributed by atoms with Gasteiger partial charge in [0.1, 0.15) is 5.60 Å². The van der Waals surface area contributed by atoms with Crippen molar-refractivity contribution in [1.82, 2.24) is 5.32 Å². The van der Waals surface area contributed by atoms with Crippen LogP contribution in [-0.2, 0) is 33.3 Å². The molecule has 1 saturated carbocycles. The van der Waals surface area contributed by atoms with E-state index in [9.17, 15) is 21.6 Å². The summed E-state index contributed by atoms with van der Waals surface area (Å²) in [7, 11) is -7.28. The monoisotopic (exact) mass is 415 g/mol. The molecule has 0 aromatic rings. The van der Waals surface area contributed by atoms with Gasteiger partial charge in [-0.1, -0.05) is 6.42 Å². The van der Waals surface area contributed by atoms with E-state index in [-0.39, 0.29) is 13.2 Å². The highest BCUT2D eigenvalue weighted by Gasteiger charge is 2.41. The Morgan fingerprint density at radius 1 is 1.08 bits per heavy atom. The van der Waals surface area contributed by atoms with Crippen molar-refractivity contribution in [1.29, 1.82) is 0 Å². The van der Waals surface area contributed by atoms with Crippen molar-refractivity contribution in [2.45, 2.75) is 58.1 Å². The molecule has 0 aromatic carbocycles. The van der Waals surface area contributed by atoms with Crippen LogP contribution >= 0.6 is 0 Å². The lowest BCUT2D eigenvalue weighted by Crippen LogP contribution is -2.47.